The van der Waals surface area contributed by atoms with Gasteiger partial charge in [-0.1, -0.05) is 130 Å². The van der Waals surface area contributed by atoms with Crippen molar-refractivity contribution in [3.8, 4) is 0 Å². The Hall–Kier alpha value is -0.0800. The Bertz CT molecular complexity index is 301. The maximum atomic E-state index is 2.88. The van der Waals surface area contributed by atoms with Crippen molar-refractivity contribution < 1.29 is 5.01 Å². The van der Waals surface area contributed by atoms with E-state index >= 15 is 0 Å². The van der Waals surface area contributed by atoms with Crippen LogP contribution >= 0.6 is 0 Å². The van der Waals surface area contributed by atoms with Crippen molar-refractivity contribution in [3.63, 3.8) is 0 Å². The summed E-state index contributed by atoms with van der Waals surface area (Å²) < 4.78 is 0. The molecule has 0 unspecified atom stereocenters. The van der Waals surface area contributed by atoms with Gasteiger partial charge in [-0.05, 0) is 38.5 Å². The van der Waals surface area contributed by atoms with Crippen LogP contribution in [0, 0.1) is 0 Å². The molecule has 1 N–H and O–H groups in total. The Morgan fingerprint density at radius 1 is 0.344 bits per heavy atom. The first-order valence-electron chi connectivity index (χ1n) is 15.4. The number of hydrogen-bond acceptors (Lipinski definition) is 1. The molecule has 0 saturated heterocycles. The molecule has 32 heavy (non-hydrogen) atoms. The predicted octanol–water partition coefficient (Wildman–Crippen LogP) is 8.75. The molecule has 0 rings (SSSR count). The summed E-state index contributed by atoms with van der Waals surface area (Å²) in [4.78, 5) is 0. The third kappa shape index (κ3) is 21.7. The monoisotopic (exact) mass is 454 g/mol. The molecule has 0 radical (unpaired) electrons. The van der Waals surface area contributed by atoms with Gasteiger partial charge in [-0.2, -0.15) is 5.01 Å². The molecule has 2 nitrogen and oxygen atoms in total. The lowest BCUT2D eigenvalue weighted by Gasteiger charge is -2.32. The summed E-state index contributed by atoms with van der Waals surface area (Å²) in [5, 5.41) is 4.72. The van der Waals surface area contributed by atoms with Gasteiger partial charge in [0.15, 0.2) is 0 Å². The summed E-state index contributed by atoms with van der Waals surface area (Å²) >= 11 is 0. The molecular formula is C30H65N2+. The van der Waals surface area contributed by atoms with Gasteiger partial charge in [-0.3, -0.25) is 5.01 Å². The van der Waals surface area contributed by atoms with Crippen LogP contribution in [-0.4, -0.2) is 31.2 Å². The van der Waals surface area contributed by atoms with E-state index in [2.05, 4.69) is 32.7 Å². The van der Waals surface area contributed by atoms with E-state index < -0.39 is 0 Å². The van der Waals surface area contributed by atoms with E-state index in [1.54, 1.807) is 0 Å². The molecular weight excluding hydrogens is 388 g/mol. The standard InChI is InChI=1S/C30H64N2/c1-5-9-13-17-21-25-29-32(30-26-22-18-14-10-6-2)31(27-23-19-15-11-7-3)28-24-20-16-12-8-4/h5-30H2,1-4H3/p+1. The molecule has 0 aromatic heterocycles. The molecule has 0 atom stereocenters. The molecule has 0 aliphatic heterocycles. The molecule has 0 amide bonds. The van der Waals surface area contributed by atoms with Crippen LogP contribution < -0.4 is 5.01 Å². The van der Waals surface area contributed by atoms with E-state index in [4.69, 9.17) is 0 Å². The normalized spacial score (nSPS) is 11.8. The van der Waals surface area contributed by atoms with Crippen molar-refractivity contribution in [3.05, 3.63) is 0 Å². The highest BCUT2D eigenvalue weighted by Crippen LogP contribution is 2.08. The van der Waals surface area contributed by atoms with Crippen LogP contribution in [0.4, 0.5) is 0 Å². The van der Waals surface area contributed by atoms with Crippen LogP contribution in [0.3, 0.4) is 0 Å². The lowest BCUT2D eigenvalue weighted by Crippen LogP contribution is -3.18. The van der Waals surface area contributed by atoms with E-state index in [1.807, 2.05) is 5.01 Å². The Balaban J connectivity index is 4.62. The maximum absolute atomic E-state index is 2.88. The van der Waals surface area contributed by atoms with Gasteiger partial charge in [0, 0.05) is 13.1 Å². The number of quaternary nitrogens is 1. The average molecular weight is 454 g/mol. The lowest BCUT2D eigenvalue weighted by molar-refractivity contribution is -1.02. The third-order valence-corrected chi connectivity index (χ3v) is 7.15. The second kappa shape index (κ2) is 27.2. The second-order valence-electron chi connectivity index (χ2n) is 10.4. The van der Waals surface area contributed by atoms with Gasteiger partial charge in [0.25, 0.3) is 0 Å². The van der Waals surface area contributed by atoms with E-state index in [0.29, 0.717) is 0 Å². The Morgan fingerprint density at radius 2 is 0.625 bits per heavy atom. The molecule has 0 aliphatic carbocycles. The fourth-order valence-electron chi connectivity index (χ4n) is 4.90. The first-order chi connectivity index (χ1) is 15.8. The van der Waals surface area contributed by atoms with E-state index in [0.717, 1.165) is 0 Å². The fraction of sp³-hybridized carbons (Fsp3) is 1.00. The van der Waals surface area contributed by atoms with Crippen molar-refractivity contribution in [2.75, 3.05) is 26.2 Å². The Labute approximate surface area is 205 Å². The number of hydrogen-bond donors (Lipinski definition) is 1. The van der Waals surface area contributed by atoms with Gasteiger partial charge in [-0.15, -0.1) is 0 Å². The maximum Gasteiger partial charge on any atom is 0.0947 e. The van der Waals surface area contributed by atoms with Crippen molar-refractivity contribution in [1.82, 2.24) is 5.01 Å². The molecule has 0 aromatic carbocycles. The lowest BCUT2D eigenvalue weighted by atomic mass is 10.1. The minimum absolute atomic E-state index is 1.33. The molecule has 0 bridgehead atoms. The molecule has 0 saturated carbocycles. The van der Waals surface area contributed by atoms with Crippen LogP contribution in [-0.2, 0) is 0 Å². The van der Waals surface area contributed by atoms with Gasteiger partial charge in [0.2, 0.25) is 0 Å². The predicted molar refractivity (Wildman–Crippen MR) is 147 cm³/mol. The second-order valence-corrected chi connectivity index (χ2v) is 10.4. The van der Waals surface area contributed by atoms with Crippen molar-refractivity contribution in [1.29, 1.82) is 0 Å². The highest BCUT2D eigenvalue weighted by molar-refractivity contribution is 4.53. The van der Waals surface area contributed by atoms with Crippen LogP contribution in [0.2, 0.25) is 0 Å². The summed E-state index contributed by atoms with van der Waals surface area (Å²) in [5.41, 5.74) is 0. The number of nitrogens with one attached hydrogen (secondary N) is 1. The van der Waals surface area contributed by atoms with Gasteiger partial charge in [0.1, 0.15) is 0 Å². The molecule has 0 heterocycles. The molecule has 0 aromatic rings. The van der Waals surface area contributed by atoms with Gasteiger partial charge < -0.3 is 0 Å². The molecule has 0 aliphatic rings. The number of rotatable bonds is 27. The zero-order valence-electron chi connectivity index (χ0n) is 23.3. The van der Waals surface area contributed by atoms with Crippen LogP contribution in [0.5, 0.6) is 0 Å². The summed E-state index contributed by atoms with van der Waals surface area (Å²) in [6.45, 7) is 14.7. The summed E-state index contributed by atoms with van der Waals surface area (Å²) in [7, 11) is 0. The smallest absolute Gasteiger partial charge is 0.0947 e. The van der Waals surface area contributed by atoms with Gasteiger partial charge >= 0.3 is 0 Å². The average Bonchev–Trinajstić information content (AvgIpc) is 2.80. The van der Waals surface area contributed by atoms with Crippen LogP contribution in [0.25, 0.3) is 0 Å². The van der Waals surface area contributed by atoms with Gasteiger partial charge in [-0.25, -0.2) is 0 Å². The highest BCUT2D eigenvalue weighted by Gasteiger charge is 2.18. The van der Waals surface area contributed by atoms with Crippen LogP contribution in [0.1, 0.15) is 169 Å². The van der Waals surface area contributed by atoms with E-state index in [1.165, 1.54) is 167 Å². The SMILES string of the molecule is CCCCCCCC[NH+](CCCCCCCC)N(CCCCCCC)CCCCCCC. The molecule has 0 spiro atoms. The zero-order valence-corrected chi connectivity index (χ0v) is 23.3. The minimum Gasteiger partial charge on any atom is -0.255 e. The van der Waals surface area contributed by atoms with Crippen molar-refractivity contribution in [2.24, 2.45) is 0 Å². The summed E-state index contributed by atoms with van der Waals surface area (Å²) in [5.74, 6) is 0. The van der Waals surface area contributed by atoms with Crippen molar-refractivity contribution in [2.45, 2.75) is 169 Å². The van der Waals surface area contributed by atoms with E-state index in [-0.39, 0.29) is 0 Å². The third-order valence-electron chi connectivity index (χ3n) is 7.15. The minimum atomic E-state index is 1.33. The highest BCUT2D eigenvalue weighted by atomic mass is 15.6. The van der Waals surface area contributed by atoms with Crippen molar-refractivity contribution >= 4 is 0 Å². The Morgan fingerprint density at radius 3 is 0.969 bits per heavy atom. The Kier molecular flexibility index (Phi) is 27.1. The number of nitrogens with zero attached hydrogens (tertiary/aromatic N) is 1. The van der Waals surface area contributed by atoms with E-state index in [9.17, 15) is 0 Å². The topological polar surface area (TPSA) is 7.68 Å². The summed E-state index contributed by atoms with van der Waals surface area (Å²) in [6.07, 6.45) is 31.2. The first kappa shape index (κ1) is 31.9. The molecule has 0 fully saturated rings. The first-order valence-corrected chi connectivity index (χ1v) is 15.4. The molecule has 194 valence electrons. The fourth-order valence-corrected chi connectivity index (χ4v) is 4.90. The zero-order chi connectivity index (χ0) is 23.5. The number of unbranched alkanes of at least 4 members (excludes halogenated alkanes) is 18. The van der Waals surface area contributed by atoms with Gasteiger partial charge in [0.05, 0.1) is 13.1 Å². The summed E-state index contributed by atoms with van der Waals surface area (Å²) in [6, 6.07) is 0. The van der Waals surface area contributed by atoms with Crippen LogP contribution in [0.15, 0.2) is 0 Å². The molecule has 2 heteroatoms. The quantitative estimate of drug-likeness (QED) is 0.0964. The largest absolute Gasteiger partial charge is 0.255 e.